The third-order valence-corrected chi connectivity index (χ3v) is 5.07. The molecule has 6 nitrogen and oxygen atoms in total. The van der Waals surface area contributed by atoms with Crippen molar-refractivity contribution in [1.82, 2.24) is 0 Å². The number of aryl methyl sites for hydroxylation is 1. The maximum absolute atomic E-state index is 12.3. The van der Waals surface area contributed by atoms with Crippen molar-refractivity contribution in [3.8, 4) is 0 Å². The summed E-state index contributed by atoms with van der Waals surface area (Å²) in [5, 5.41) is 3.21. The first-order valence-electron chi connectivity index (χ1n) is 8.94. The Morgan fingerprint density at radius 3 is 2.71 bits per heavy atom. The molecular weight excluding hydrogens is 380 g/mol. The first-order chi connectivity index (χ1) is 13.3. The van der Waals surface area contributed by atoms with Crippen LogP contribution in [0, 0.1) is 19.8 Å². The molecule has 0 saturated carbocycles. The largest absolute Gasteiger partial charge is 0.455 e. The predicted octanol–water partition coefficient (Wildman–Crippen LogP) is 3.49. The first-order valence-corrected chi connectivity index (χ1v) is 9.31. The second-order valence-electron chi connectivity index (χ2n) is 6.81. The molecule has 0 spiro atoms. The molecule has 1 atom stereocenters. The van der Waals surface area contributed by atoms with Gasteiger partial charge >= 0.3 is 5.97 Å². The van der Waals surface area contributed by atoms with E-state index in [-0.39, 0.29) is 18.9 Å². The molecule has 0 aromatic heterocycles. The fraction of sp³-hybridized carbons (Fsp3) is 0.286. The Hall–Kier alpha value is -2.86. The van der Waals surface area contributed by atoms with Gasteiger partial charge in [-0.15, -0.1) is 0 Å². The Morgan fingerprint density at radius 2 is 1.96 bits per heavy atom. The van der Waals surface area contributed by atoms with Crippen molar-refractivity contribution in [1.29, 1.82) is 0 Å². The lowest BCUT2D eigenvalue weighted by atomic mass is 10.1. The van der Waals surface area contributed by atoms with Gasteiger partial charge in [-0.3, -0.25) is 14.4 Å². The zero-order chi connectivity index (χ0) is 20.3. The van der Waals surface area contributed by atoms with Gasteiger partial charge in [0.2, 0.25) is 5.91 Å². The number of hydrogen-bond donors (Lipinski definition) is 1. The molecule has 146 valence electrons. The van der Waals surface area contributed by atoms with Gasteiger partial charge in [0.15, 0.2) is 6.61 Å². The zero-order valence-corrected chi connectivity index (χ0v) is 16.5. The minimum atomic E-state index is -0.589. The van der Waals surface area contributed by atoms with Gasteiger partial charge in [-0.2, -0.15) is 0 Å². The summed E-state index contributed by atoms with van der Waals surface area (Å²) in [5.74, 6) is -1.74. The van der Waals surface area contributed by atoms with Crippen molar-refractivity contribution in [3.63, 3.8) is 0 Å². The van der Waals surface area contributed by atoms with Crippen molar-refractivity contribution < 1.29 is 19.1 Å². The van der Waals surface area contributed by atoms with E-state index in [0.717, 1.165) is 16.8 Å². The first kappa shape index (κ1) is 19.9. The number of benzene rings is 2. The van der Waals surface area contributed by atoms with Crippen LogP contribution in [0.15, 0.2) is 42.5 Å². The van der Waals surface area contributed by atoms with E-state index in [9.17, 15) is 14.4 Å². The Balaban J connectivity index is 1.54. The predicted molar refractivity (Wildman–Crippen MR) is 107 cm³/mol. The summed E-state index contributed by atoms with van der Waals surface area (Å²) in [6, 6.07) is 12.7. The fourth-order valence-corrected chi connectivity index (χ4v) is 3.27. The lowest BCUT2D eigenvalue weighted by Gasteiger charge is -2.17. The molecule has 0 radical (unpaired) electrons. The van der Waals surface area contributed by atoms with Crippen LogP contribution < -0.4 is 10.2 Å². The summed E-state index contributed by atoms with van der Waals surface area (Å²) in [7, 11) is 0. The summed E-state index contributed by atoms with van der Waals surface area (Å²) in [6.07, 6.45) is 0.0712. The van der Waals surface area contributed by atoms with Crippen LogP contribution >= 0.6 is 11.6 Å². The van der Waals surface area contributed by atoms with Crippen LogP contribution in [-0.4, -0.2) is 30.9 Å². The number of carbonyl (C=O) groups excluding carboxylic acids is 3. The van der Waals surface area contributed by atoms with E-state index in [1.165, 1.54) is 0 Å². The highest BCUT2D eigenvalue weighted by Crippen LogP contribution is 2.26. The minimum Gasteiger partial charge on any atom is -0.455 e. The molecule has 1 saturated heterocycles. The van der Waals surface area contributed by atoms with Crippen molar-refractivity contribution in [2.45, 2.75) is 20.3 Å². The van der Waals surface area contributed by atoms with Crippen LogP contribution in [-0.2, 0) is 19.1 Å². The number of anilines is 2. The van der Waals surface area contributed by atoms with Gasteiger partial charge in [0.25, 0.3) is 5.91 Å². The van der Waals surface area contributed by atoms with Crippen molar-refractivity contribution in [2.24, 2.45) is 5.92 Å². The van der Waals surface area contributed by atoms with E-state index in [2.05, 4.69) is 5.32 Å². The van der Waals surface area contributed by atoms with Crippen LogP contribution in [0.2, 0.25) is 5.02 Å². The number of carbonyl (C=O) groups is 3. The number of nitrogens with one attached hydrogen (secondary N) is 1. The normalized spacial score (nSPS) is 16.2. The van der Waals surface area contributed by atoms with Crippen LogP contribution in [0.3, 0.4) is 0 Å². The molecule has 1 heterocycles. The Bertz CT molecular complexity index is 928. The van der Waals surface area contributed by atoms with Gasteiger partial charge in [0, 0.05) is 29.4 Å². The van der Waals surface area contributed by atoms with Crippen LogP contribution in [0.5, 0.6) is 0 Å². The Kier molecular flexibility index (Phi) is 5.99. The number of esters is 1. The maximum Gasteiger partial charge on any atom is 0.311 e. The molecule has 2 amide bonds. The summed E-state index contributed by atoms with van der Waals surface area (Å²) in [4.78, 5) is 38.2. The van der Waals surface area contributed by atoms with Crippen LogP contribution in [0.1, 0.15) is 17.5 Å². The number of ether oxygens (including phenoxy) is 1. The summed E-state index contributed by atoms with van der Waals surface area (Å²) in [5.41, 5.74) is 3.09. The summed E-state index contributed by atoms with van der Waals surface area (Å²) in [6.45, 7) is 3.56. The molecule has 3 rings (SSSR count). The highest BCUT2D eigenvalue weighted by Gasteiger charge is 2.36. The Morgan fingerprint density at radius 1 is 1.21 bits per heavy atom. The van der Waals surface area contributed by atoms with Gasteiger partial charge in [0.1, 0.15) is 0 Å². The third kappa shape index (κ3) is 4.51. The van der Waals surface area contributed by atoms with Crippen molar-refractivity contribution in [2.75, 3.05) is 23.4 Å². The number of hydrogen-bond acceptors (Lipinski definition) is 4. The average molecular weight is 401 g/mol. The number of nitrogens with zero attached hydrogens (tertiary/aromatic N) is 1. The van der Waals surface area contributed by atoms with E-state index >= 15 is 0 Å². The summed E-state index contributed by atoms with van der Waals surface area (Å²) < 4.78 is 5.12. The molecule has 0 aliphatic carbocycles. The molecule has 1 fully saturated rings. The van der Waals surface area contributed by atoms with Crippen LogP contribution in [0.4, 0.5) is 11.4 Å². The minimum absolute atomic E-state index is 0.0712. The van der Waals surface area contributed by atoms with Gasteiger partial charge in [-0.25, -0.2) is 0 Å². The molecule has 1 aliphatic rings. The second kappa shape index (κ2) is 8.44. The molecule has 1 aliphatic heterocycles. The molecule has 0 bridgehead atoms. The molecule has 0 unspecified atom stereocenters. The van der Waals surface area contributed by atoms with Crippen molar-refractivity contribution >= 4 is 40.8 Å². The van der Waals surface area contributed by atoms with E-state index in [4.69, 9.17) is 16.3 Å². The van der Waals surface area contributed by atoms with E-state index in [1.807, 2.05) is 31.2 Å². The SMILES string of the molecule is Cc1cccc(N2C[C@H](C(=O)OCC(=O)Nc3cccc(Cl)c3C)CC2=O)c1. The molecule has 2 aromatic rings. The Labute approximate surface area is 168 Å². The van der Waals surface area contributed by atoms with E-state index < -0.39 is 24.4 Å². The molecule has 2 aromatic carbocycles. The third-order valence-electron chi connectivity index (χ3n) is 4.66. The number of rotatable bonds is 5. The number of amides is 2. The molecule has 7 heteroatoms. The maximum atomic E-state index is 12.3. The summed E-state index contributed by atoms with van der Waals surface area (Å²) >= 11 is 6.03. The van der Waals surface area contributed by atoms with Gasteiger partial charge in [-0.1, -0.05) is 29.8 Å². The van der Waals surface area contributed by atoms with Gasteiger partial charge in [-0.05, 0) is 49.2 Å². The van der Waals surface area contributed by atoms with Gasteiger partial charge in [0.05, 0.1) is 5.92 Å². The smallest absolute Gasteiger partial charge is 0.311 e. The molecule has 28 heavy (non-hydrogen) atoms. The second-order valence-corrected chi connectivity index (χ2v) is 7.22. The molecular formula is C21H21ClN2O4. The fourth-order valence-electron chi connectivity index (χ4n) is 3.09. The van der Waals surface area contributed by atoms with Crippen molar-refractivity contribution in [3.05, 3.63) is 58.6 Å². The standard InChI is InChI=1S/C21H21ClN2O4/c1-13-5-3-6-16(9-13)24-11-15(10-20(24)26)21(27)28-12-19(25)23-18-8-4-7-17(22)14(18)2/h3-9,15H,10-12H2,1-2H3,(H,23,25)/t15-/m1/s1. The topological polar surface area (TPSA) is 75.7 Å². The highest BCUT2D eigenvalue weighted by molar-refractivity contribution is 6.31. The lowest BCUT2D eigenvalue weighted by Crippen LogP contribution is -2.28. The highest BCUT2D eigenvalue weighted by atomic mass is 35.5. The zero-order valence-electron chi connectivity index (χ0n) is 15.7. The van der Waals surface area contributed by atoms with E-state index in [0.29, 0.717) is 10.7 Å². The van der Waals surface area contributed by atoms with Gasteiger partial charge < -0.3 is 15.0 Å². The van der Waals surface area contributed by atoms with Crippen LogP contribution in [0.25, 0.3) is 0 Å². The average Bonchev–Trinajstić information content (AvgIpc) is 3.05. The van der Waals surface area contributed by atoms with E-state index in [1.54, 1.807) is 30.0 Å². The monoisotopic (exact) mass is 400 g/mol. The lowest BCUT2D eigenvalue weighted by molar-refractivity contribution is -0.151. The quantitative estimate of drug-likeness (QED) is 0.779. The molecule has 1 N–H and O–H groups in total. The number of halogens is 1.